The number of aliphatic hydroxyl groups excluding tert-OH is 1. The van der Waals surface area contributed by atoms with E-state index in [-0.39, 0.29) is 12.6 Å². The number of rotatable bonds is 3. The first kappa shape index (κ1) is 13.1. The maximum absolute atomic E-state index is 12.3. The third-order valence-electron chi connectivity index (χ3n) is 4.14. The molecule has 17 heavy (non-hydrogen) atoms. The Morgan fingerprint density at radius 2 is 1.76 bits per heavy atom. The lowest BCUT2D eigenvalue weighted by atomic mass is 9.96. The Labute approximate surface area is 99.8 Å². The van der Waals surface area contributed by atoms with Gasteiger partial charge in [-0.1, -0.05) is 12.8 Å². The lowest BCUT2D eigenvalue weighted by Crippen LogP contribution is -2.44. The van der Waals surface area contributed by atoms with Crippen LogP contribution in [0.15, 0.2) is 0 Å². The third kappa shape index (κ3) is 3.13. The van der Waals surface area contributed by atoms with Crippen LogP contribution < -0.4 is 0 Å². The number of halogens is 3. The summed E-state index contributed by atoms with van der Waals surface area (Å²) in [4.78, 5) is 1.86. The molecule has 0 aromatic rings. The highest BCUT2D eigenvalue weighted by Crippen LogP contribution is 2.36. The fourth-order valence-electron chi connectivity index (χ4n) is 3.28. The molecule has 0 bridgehead atoms. The normalized spacial score (nSPS) is 30.0. The topological polar surface area (TPSA) is 23.5 Å². The zero-order chi connectivity index (χ0) is 12.5. The molecule has 1 N–H and O–H groups in total. The molecule has 2 fully saturated rings. The molecule has 2 nitrogen and oxygen atoms in total. The van der Waals surface area contributed by atoms with Crippen LogP contribution in [0.2, 0.25) is 0 Å². The van der Waals surface area contributed by atoms with Crippen LogP contribution in [0.5, 0.6) is 0 Å². The van der Waals surface area contributed by atoms with E-state index in [4.69, 9.17) is 5.11 Å². The van der Waals surface area contributed by atoms with Gasteiger partial charge in [-0.3, -0.25) is 4.90 Å². The largest absolute Gasteiger partial charge is 0.415 e. The van der Waals surface area contributed by atoms with Gasteiger partial charge in [0.05, 0.1) is 0 Å². The number of aliphatic hydroxyl groups is 1. The quantitative estimate of drug-likeness (QED) is 0.833. The number of nitrogens with zero attached hydrogens (tertiary/aromatic N) is 1. The molecule has 2 aliphatic rings. The molecule has 1 aliphatic heterocycles. The lowest BCUT2D eigenvalue weighted by Gasteiger charge is -2.31. The highest BCUT2D eigenvalue weighted by atomic mass is 19.4. The zero-order valence-electron chi connectivity index (χ0n) is 9.92. The van der Waals surface area contributed by atoms with E-state index in [9.17, 15) is 13.2 Å². The van der Waals surface area contributed by atoms with Gasteiger partial charge in [-0.15, -0.1) is 0 Å². The van der Waals surface area contributed by atoms with Crippen molar-refractivity contribution >= 4 is 0 Å². The van der Waals surface area contributed by atoms with E-state index in [2.05, 4.69) is 0 Å². The second-order valence-corrected chi connectivity index (χ2v) is 5.31. The minimum atomic E-state index is -4.48. The summed E-state index contributed by atoms with van der Waals surface area (Å²) in [5, 5.41) is 9.14. The summed E-state index contributed by atoms with van der Waals surface area (Å²) >= 11 is 0. The van der Waals surface area contributed by atoms with Crippen LogP contribution in [0.3, 0.4) is 0 Å². The van der Waals surface area contributed by atoms with Gasteiger partial charge in [-0.05, 0) is 38.1 Å². The molecule has 1 saturated heterocycles. The molecule has 2 unspecified atom stereocenters. The Hall–Kier alpha value is -0.290. The van der Waals surface area contributed by atoms with Crippen molar-refractivity contribution in [2.75, 3.05) is 13.1 Å². The summed E-state index contributed by atoms with van der Waals surface area (Å²) in [5.41, 5.74) is 0. The van der Waals surface area contributed by atoms with Crippen LogP contribution in [-0.2, 0) is 0 Å². The van der Waals surface area contributed by atoms with Crippen LogP contribution in [0, 0.1) is 5.92 Å². The fourth-order valence-corrected chi connectivity index (χ4v) is 3.28. The molecule has 0 spiro atoms. The van der Waals surface area contributed by atoms with Crippen LogP contribution >= 0.6 is 0 Å². The molecular formula is C12H20F3NO. The van der Waals surface area contributed by atoms with E-state index in [1.807, 2.05) is 4.90 Å². The Balaban J connectivity index is 1.90. The second kappa shape index (κ2) is 5.14. The van der Waals surface area contributed by atoms with E-state index in [1.54, 1.807) is 0 Å². The summed E-state index contributed by atoms with van der Waals surface area (Å²) in [5.74, 6) is 0.554. The fraction of sp³-hybridized carbons (Fsp3) is 1.00. The molecule has 0 aromatic heterocycles. The molecule has 1 heterocycles. The molecule has 0 aromatic carbocycles. The van der Waals surface area contributed by atoms with Gasteiger partial charge >= 0.3 is 6.18 Å². The minimum Gasteiger partial charge on any atom is -0.382 e. The van der Waals surface area contributed by atoms with E-state index in [0.29, 0.717) is 12.5 Å². The average molecular weight is 251 g/mol. The lowest BCUT2D eigenvalue weighted by molar-refractivity contribution is -0.209. The first-order valence-electron chi connectivity index (χ1n) is 6.47. The van der Waals surface area contributed by atoms with Crippen molar-refractivity contribution in [3.8, 4) is 0 Å². The molecule has 100 valence electrons. The maximum Gasteiger partial charge on any atom is 0.415 e. The van der Waals surface area contributed by atoms with Gasteiger partial charge in [-0.25, -0.2) is 0 Å². The average Bonchev–Trinajstić information content (AvgIpc) is 2.83. The monoisotopic (exact) mass is 251 g/mol. The van der Waals surface area contributed by atoms with Crippen LogP contribution in [0.4, 0.5) is 13.2 Å². The molecular weight excluding hydrogens is 231 g/mol. The van der Waals surface area contributed by atoms with Crippen molar-refractivity contribution < 1.29 is 18.3 Å². The summed E-state index contributed by atoms with van der Waals surface area (Å²) in [6, 6.07) is 0.273. The van der Waals surface area contributed by atoms with Gasteiger partial charge < -0.3 is 5.11 Å². The highest BCUT2D eigenvalue weighted by molar-refractivity contribution is 4.89. The Morgan fingerprint density at radius 1 is 1.12 bits per heavy atom. The predicted octanol–water partition coefficient (Wildman–Crippen LogP) is 2.56. The molecule has 2 rings (SSSR count). The van der Waals surface area contributed by atoms with Crippen molar-refractivity contribution in [1.82, 2.24) is 4.90 Å². The maximum atomic E-state index is 12.3. The third-order valence-corrected chi connectivity index (χ3v) is 4.14. The number of alkyl halides is 3. The van der Waals surface area contributed by atoms with Gasteiger partial charge in [-0.2, -0.15) is 13.2 Å². The van der Waals surface area contributed by atoms with Gasteiger partial charge in [0, 0.05) is 12.6 Å². The highest BCUT2D eigenvalue weighted by Gasteiger charge is 2.42. The van der Waals surface area contributed by atoms with E-state index in [0.717, 1.165) is 25.7 Å². The summed E-state index contributed by atoms with van der Waals surface area (Å²) in [7, 11) is 0. The van der Waals surface area contributed by atoms with Crippen LogP contribution in [-0.4, -0.2) is 41.4 Å². The number of hydrogen-bond donors (Lipinski definition) is 1. The Morgan fingerprint density at radius 3 is 2.35 bits per heavy atom. The molecule has 1 aliphatic carbocycles. The molecule has 5 heteroatoms. The molecule has 2 atom stereocenters. The number of hydrogen-bond acceptors (Lipinski definition) is 2. The SMILES string of the molecule is OC(CN1CCCC1C1CCCC1)C(F)(F)F. The Bertz CT molecular complexity index is 251. The van der Waals surface area contributed by atoms with Crippen LogP contribution in [0.25, 0.3) is 0 Å². The van der Waals surface area contributed by atoms with Crippen molar-refractivity contribution in [3.05, 3.63) is 0 Å². The summed E-state index contributed by atoms with van der Waals surface area (Å²) < 4.78 is 37.0. The smallest absolute Gasteiger partial charge is 0.382 e. The number of β-amino-alcohol motifs (C(OH)–C–C–N with tert-alkyl or cyclic N) is 1. The van der Waals surface area contributed by atoms with Gasteiger partial charge in [0.1, 0.15) is 0 Å². The van der Waals surface area contributed by atoms with Crippen molar-refractivity contribution in [1.29, 1.82) is 0 Å². The molecule has 0 radical (unpaired) electrons. The van der Waals surface area contributed by atoms with E-state index in [1.165, 1.54) is 12.8 Å². The first-order valence-corrected chi connectivity index (χ1v) is 6.47. The van der Waals surface area contributed by atoms with Crippen molar-refractivity contribution in [2.45, 2.75) is 56.8 Å². The first-order chi connectivity index (χ1) is 7.98. The standard InChI is InChI=1S/C12H20F3NO/c13-12(14,15)11(17)8-16-7-3-6-10(16)9-4-1-2-5-9/h9-11,17H,1-8H2. The summed E-state index contributed by atoms with van der Waals surface area (Å²) in [6.45, 7) is 0.457. The van der Waals surface area contributed by atoms with Gasteiger partial charge in [0.2, 0.25) is 0 Å². The van der Waals surface area contributed by atoms with Crippen LogP contribution in [0.1, 0.15) is 38.5 Å². The van der Waals surface area contributed by atoms with E-state index < -0.39 is 12.3 Å². The summed E-state index contributed by atoms with van der Waals surface area (Å²) in [6.07, 6.45) is -0.0196. The molecule has 0 amide bonds. The van der Waals surface area contributed by atoms with E-state index >= 15 is 0 Å². The minimum absolute atomic E-state index is 0.245. The van der Waals surface area contributed by atoms with Gasteiger partial charge in [0.25, 0.3) is 0 Å². The second-order valence-electron chi connectivity index (χ2n) is 5.31. The number of likely N-dealkylation sites (tertiary alicyclic amines) is 1. The molecule has 1 saturated carbocycles. The van der Waals surface area contributed by atoms with Crippen molar-refractivity contribution in [2.24, 2.45) is 5.92 Å². The van der Waals surface area contributed by atoms with Gasteiger partial charge in [0.15, 0.2) is 6.10 Å². The Kier molecular flexibility index (Phi) is 3.98. The zero-order valence-corrected chi connectivity index (χ0v) is 9.92. The van der Waals surface area contributed by atoms with Crippen molar-refractivity contribution in [3.63, 3.8) is 0 Å². The predicted molar refractivity (Wildman–Crippen MR) is 58.6 cm³/mol.